The molecule has 1 aromatic carbocycles. The monoisotopic (exact) mass is 373 g/mol. The Labute approximate surface area is 123 Å². The minimum absolute atomic E-state index is 0.355. The average Bonchev–Trinajstić information content (AvgIpc) is 2.72. The summed E-state index contributed by atoms with van der Waals surface area (Å²) in [5.41, 5.74) is 1.30. The Morgan fingerprint density at radius 3 is 2.71 bits per heavy atom. The third-order valence-electron chi connectivity index (χ3n) is 2.55. The molecular weight excluding hydrogens is 362 g/mol. The van der Waals surface area contributed by atoms with Crippen LogP contribution >= 0.6 is 43.2 Å². The summed E-state index contributed by atoms with van der Waals surface area (Å²) < 4.78 is 2.29. The molecule has 2 aromatic rings. The quantitative estimate of drug-likeness (QED) is 0.782. The molecule has 17 heavy (non-hydrogen) atoms. The highest BCUT2D eigenvalue weighted by atomic mass is 79.9. The third-order valence-corrected chi connectivity index (χ3v) is 4.74. The zero-order valence-electron chi connectivity index (χ0n) is 9.41. The molecule has 1 N–H and O–H groups in total. The number of halogens is 2. The summed E-state index contributed by atoms with van der Waals surface area (Å²) >= 11 is 8.74. The van der Waals surface area contributed by atoms with Crippen LogP contribution in [0.1, 0.15) is 23.4 Å². The second-order valence-corrected chi connectivity index (χ2v) is 6.72. The topological polar surface area (TPSA) is 12.0 Å². The second-order valence-electron chi connectivity index (χ2n) is 3.89. The fourth-order valence-corrected chi connectivity index (χ4v) is 3.41. The lowest BCUT2D eigenvalue weighted by Crippen LogP contribution is -2.17. The van der Waals surface area contributed by atoms with Crippen LogP contribution in [0.4, 0.5) is 0 Å². The third kappa shape index (κ3) is 3.91. The molecule has 1 atom stereocenters. The maximum atomic E-state index is 3.52. The van der Waals surface area contributed by atoms with Crippen molar-refractivity contribution in [2.24, 2.45) is 0 Å². The van der Waals surface area contributed by atoms with E-state index in [-0.39, 0.29) is 0 Å². The Bertz CT molecular complexity index is 496. The van der Waals surface area contributed by atoms with E-state index in [2.05, 4.69) is 73.7 Å². The first-order chi connectivity index (χ1) is 8.15. The Balaban J connectivity index is 1.95. The summed E-state index contributed by atoms with van der Waals surface area (Å²) in [6, 6.07) is 10.9. The summed E-state index contributed by atoms with van der Waals surface area (Å²) in [6.07, 6.45) is 0. The molecule has 2 rings (SSSR count). The van der Waals surface area contributed by atoms with Crippen molar-refractivity contribution in [1.82, 2.24) is 5.32 Å². The summed E-state index contributed by atoms with van der Waals surface area (Å²) in [5, 5.41) is 5.64. The predicted octanol–water partition coefficient (Wildman–Crippen LogP) is 5.12. The van der Waals surface area contributed by atoms with Crippen LogP contribution in [0.3, 0.4) is 0 Å². The van der Waals surface area contributed by atoms with Crippen LogP contribution < -0.4 is 5.32 Å². The fourth-order valence-electron chi connectivity index (χ4n) is 1.59. The van der Waals surface area contributed by atoms with Crippen molar-refractivity contribution in [2.75, 3.05) is 0 Å². The van der Waals surface area contributed by atoms with Crippen molar-refractivity contribution in [1.29, 1.82) is 0 Å². The Morgan fingerprint density at radius 2 is 2.06 bits per heavy atom. The van der Waals surface area contributed by atoms with Crippen LogP contribution in [-0.4, -0.2) is 0 Å². The highest BCUT2D eigenvalue weighted by Gasteiger charge is 2.05. The van der Waals surface area contributed by atoms with Gasteiger partial charge in [-0.05, 0) is 46.6 Å². The highest BCUT2D eigenvalue weighted by molar-refractivity contribution is 9.10. The van der Waals surface area contributed by atoms with Gasteiger partial charge in [0.1, 0.15) is 0 Å². The Morgan fingerprint density at radius 1 is 1.24 bits per heavy atom. The van der Waals surface area contributed by atoms with E-state index in [1.165, 1.54) is 10.4 Å². The summed E-state index contributed by atoms with van der Waals surface area (Å²) in [4.78, 5) is 1.35. The van der Waals surface area contributed by atoms with Gasteiger partial charge in [0.2, 0.25) is 0 Å². The first kappa shape index (κ1) is 13.3. The van der Waals surface area contributed by atoms with E-state index in [4.69, 9.17) is 0 Å². The SMILES string of the molecule is CC(NCc1cc(Br)cs1)c1cccc(Br)c1. The van der Waals surface area contributed by atoms with E-state index in [9.17, 15) is 0 Å². The lowest BCUT2D eigenvalue weighted by molar-refractivity contribution is 0.578. The molecule has 0 aliphatic rings. The number of thiophene rings is 1. The molecule has 0 fully saturated rings. The van der Waals surface area contributed by atoms with Gasteiger partial charge in [0.15, 0.2) is 0 Å². The maximum absolute atomic E-state index is 3.52. The van der Waals surface area contributed by atoms with Gasteiger partial charge in [0.05, 0.1) is 0 Å². The molecule has 0 bridgehead atoms. The Kier molecular flexibility index (Phi) is 4.79. The Hall–Kier alpha value is -0.160. The first-order valence-electron chi connectivity index (χ1n) is 5.37. The molecule has 0 aliphatic heterocycles. The van der Waals surface area contributed by atoms with E-state index in [1.807, 2.05) is 6.07 Å². The summed E-state index contributed by atoms with van der Waals surface area (Å²) in [7, 11) is 0. The molecule has 1 aromatic heterocycles. The minimum atomic E-state index is 0.355. The van der Waals surface area contributed by atoms with E-state index < -0.39 is 0 Å². The smallest absolute Gasteiger partial charge is 0.0305 e. The zero-order chi connectivity index (χ0) is 12.3. The number of hydrogen-bond donors (Lipinski definition) is 1. The average molecular weight is 375 g/mol. The van der Waals surface area contributed by atoms with Crippen LogP contribution in [0.5, 0.6) is 0 Å². The van der Waals surface area contributed by atoms with Gasteiger partial charge in [-0.2, -0.15) is 0 Å². The van der Waals surface area contributed by atoms with Crippen LogP contribution in [0.15, 0.2) is 44.7 Å². The van der Waals surface area contributed by atoms with Crippen molar-refractivity contribution in [3.05, 3.63) is 55.1 Å². The van der Waals surface area contributed by atoms with Crippen molar-refractivity contribution in [2.45, 2.75) is 19.5 Å². The molecule has 1 heterocycles. The summed E-state index contributed by atoms with van der Waals surface area (Å²) in [5.74, 6) is 0. The fraction of sp³-hybridized carbons (Fsp3) is 0.231. The molecule has 0 aliphatic carbocycles. The van der Waals surface area contributed by atoms with Crippen molar-refractivity contribution >= 4 is 43.2 Å². The molecule has 90 valence electrons. The summed E-state index contributed by atoms with van der Waals surface area (Å²) in [6.45, 7) is 3.09. The molecule has 0 amide bonds. The van der Waals surface area contributed by atoms with Gasteiger partial charge >= 0.3 is 0 Å². The van der Waals surface area contributed by atoms with Crippen molar-refractivity contribution < 1.29 is 0 Å². The number of benzene rings is 1. The van der Waals surface area contributed by atoms with Gasteiger partial charge in [-0.3, -0.25) is 0 Å². The van der Waals surface area contributed by atoms with Gasteiger partial charge in [0, 0.05) is 31.8 Å². The van der Waals surface area contributed by atoms with Crippen molar-refractivity contribution in [3.8, 4) is 0 Å². The molecule has 0 saturated heterocycles. The lowest BCUT2D eigenvalue weighted by atomic mass is 10.1. The molecule has 0 radical (unpaired) electrons. The zero-order valence-corrected chi connectivity index (χ0v) is 13.4. The van der Waals surface area contributed by atoms with Gasteiger partial charge < -0.3 is 5.32 Å². The first-order valence-corrected chi connectivity index (χ1v) is 7.83. The lowest BCUT2D eigenvalue weighted by Gasteiger charge is -2.13. The molecule has 1 unspecified atom stereocenters. The number of hydrogen-bond acceptors (Lipinski definition) is 2. The van der Waals surface area contributed by atoms with Crippen LogP contribution in [0.2, 0.25) is 0 Å². The van der Waals surface area contributed by atoms with Gasteiger partial charge in [-0.15, -0.1) is 11.3 Å². The van der Waals surface area contributed by atoms with Gasteiger partial charge in [-0.25, -0.2) is 0 Å². The number of nitrogens with one attached hydrogen (secondary N) is 1. The van der Waals surface area contributed by atoms with E-state index in [1.54, 1.807) is 11.3 Å². The van der Waals surface area contributed by atoms with Crippen LogP contribution in [0.25, 0.3) is 0 Å². The molecule has 0 spiro atoms. The van der Waals surface area contributed by atoms with Crippen LogP contribution in [-0.2, 0) is 6.54 Å². The molecular formula is C13H13Br2NS. The second kappa shape index (κ2) is 6.14. The standard InChI is InChI=1S/C13H13Br2NS/c1-9(10-3-2-4-11(14)5-10)16-7-13-6-12(15)8-17-13/h2-6,8-9,16H,7H2,1H3. The van der Waals surface area contributed by atoms with Gasteiger partial charge in [-0.1, -0.05) is 28.1 Å². The van der Waals surface area contributed by atoms with Gasteiger partial charge in [0.25, 0.3) is 0 Å². The normalized spacial score (nSPS) is 12.6. The predicted molar refractivity (Wildman–Crippen MR) is 81.4 cm³/mol. The van der Waals surface area contributed by atoms with E-state index >= 15 is 0 Å². The number of rotatable bonds is 4. The van der Waals surface area contributed by atoms with E-state index in [0.29, 0.717) is 6.04 Å². The molecule has 1 nitrogen and oxygen atoms in total. The van der Waals surface area contributed by atoms with Crippen LogP contribution in [0, 0.1) is 0 Å². The largest absolute Gasteiger partial charge is 0.305 e. The highest BCUT2D eigenvalue weighted by Crippen LogP contribution is 2.22. The molecule has 4 heteroatoms. The maximum Gasteiger partial charge on any atom is 0.0305 e. The molecule has 0 saturated carbocycles. The van der Waals surface area contributed by atoms with Crippen molar-refractivity contribution in [3.63, 3.8) is 0 Å². The van der Waals surface area contributed by atoms with E-state index in [0.717, 1.165) is 15.5 Å². The minimum Gasteiger partial charge on any atom is -0.305 e.